The number of benzene rings is 3. The Kier molecular flexibility index (Phi) is 7.70. The molecule has 0 unspecified atom stereocenters. The fraction of sp³-hybridized carbons (Fsp3) is 0.200. The summed E-state index contributed by atoms with van der Waals surface area (Å²) >= 11 is 0. The minimum absolute atomic E-state index is 0.365. The summed E-state index contributed by atoms with van der Waals surface area (Å²) in [5.74, 6) is 0.434. The van der Waals surface area contributed by atoms with E-state index in [9.17, 15) is 9.59 Å². The molecule has 7 heteroatoms. The summed E-state index contributed by atoms with van der Waals surface area (Å²) in [4.78, 5) is 25.1. The van der Waals surface area contributed by atoms with Crippen molar-refractivity contribution in [2.24, 2.45) is 0 Å². The fourth-order valence-electron chi connectivity index (χ4n) is 3.24. The lowest BCUT2D eigenvalue weighted by Crippen LogP contribution is -2.33. The summed E-state index contributed by atoms with van der Waals surface area (Å²) in [6, 6.07) is 21.3. The van der Waals surface area contributed by atoms with E-state index in [0.717, 1.165) is 11.1 Å². The highest BCUT2D eigenvalue weighted by molar-refractivity contribution is 5.96. The number of carbonyl (C=O) groups excluding carboxylic acids is 2. The van der Waals surface area contributed by atoms with Crippen LogP contribution in [-0.2, 0) is 9.53 Å². The average Bonchev–Trinajstić information content (AvgIpc) is 2.86. The van der Waals surface area contributed by atoms with Crippen LogP contribution in [0.25, 0.3) is 0 Å². The molecule has 0 heterocycles. The summed E-state index contributed by atoms with van der Waals surface area (Å²) < 4.78 is 15.7. The third-order valence-electron chi connectivity index (χ3n) is 4.95. The van der Waals surface area contributed by atoms with Gasteiger partial charge in [0.2, 0.25) is 0 Å². The molecule has 0 aliphatic heterocycles. The predicted octanol–water partition coefficient (Wildman–Crippen LogP) is 3.81. The van der Waals surface area contributed by atoms with E-state index in [0.29, 0.717) is 22.7 Å². The zero-order chi connectivity index (χ0) is 22.9. The van der Waals surface area contributed by atoms with Gasteiger partial charge < -0.3 is 24.8 Å². The van der Waals surface area contributed by atoms with Crippen molar-refractivity contribution in [2.45, 2.75) is 6.04 Å². The SMILES string of the molecule is CNc1ccccc1C(=O)OCC(=O)NC(c1ccc(OC)cc1)c1ccc(OC)cc1. The number of esters is 1. The number of para-hydroxylation sites is 1. The first-order chi connectivity index (χ1) is 15.5. The third-order valence-corrected chi connectivity index (χ3v) is 4.95. The standard InChI is InChI=1S/C25H26N2O5/c1-26-22-7-5-4-6-21(22)25(29)32-16-23(28)27-24(17-8-12-19(30-2)13-9-17)18-10-14-20(31-3)15-11-18/h4-15,24,26H,16H2,1-3H3,(H,27,28). The summed E-state index contributed by atoms with van der Waals surface area (Å²) in [5, 5.41) is 5.88. The monoisotopic (exact) mass is 434 g/mol. The first kappa shape index (κ1) is 22.7. The molecule has 0 atom stereocenters. The highest BCUT2D eigenvalue weighted by Crippen LogP contribution is 2.26. The highest BCUT2D eigenvalue weighted by Gasteiger charge is 2.19. The molecule has 3 rings (SSSR count). The van der Waals surface area contributed by atoms with Crippen molar-refractivity contribution >= 4 is 17.6 Å². The maximum Gasteiger partial charge on any atom is 0.340 e. The van der Waals surface area contributed by atoms with Crippen molar-refractivity contribution in [1.29, 1.82) is 0 Å². The smallest absolute Gasteiger partial charge is 0.340 e. The number of hydrogen-bond donors (Lipinski definition) is 2. The molecule has 3 aromatic carbocycles. The Morgan fingerprint density at radius 3 is 1.84 bits per heavy atom. The lowest BCUT2D eigenvalue weighted by molar-refractivity contribution is -0.124. The normalized spacial score (nSPS) is 10.4. The lowest BCUT2D eigenvalue weighted by atomic mass is 9.98. The quantitative estimate of drug-likeness (QED) is 0.498. The van der Waals surface area contributed by atoms with E-state index in [4.69, 9.17) is 14.2 Å². The summed E-state index contributed by atoms with van der Waals surface area (Å²) in [7, 11) is 4.91. The molecule has 0 aromatic heterocycles. The molecule has 7 nitrogen and oxygen atoms in total. The molecule has 1 amide bonds. The molecule has 0 spiro atoms. The molecule has 0 aliphatic carbocycles. The van der Waals surface area contributed by atoms with E-state index >= 15 is 0 Å². The fourth-order valence-corrected chi connectivity index (χ4v) is 3.24. The van der Waals surface area contributed by atoms with Crippen molar-refractivity contribution < 1.29 is 23.8 Å². The second kappa shape index (κ2) is 10.9. The average molecular weight is 434 g/mol. The molecule has 0 aliphatic rings. The molecule has 0 radical (unpaired) electrons. The van der Waals surface area contributed by atoms with Gasteiger partial charge in [-0.2, -0.15) is 0 Å². The largest absolute Gasteiger partial charge is 0.497 e. The summed E-state index contributed by atoms with van der Waals surface area (Å²) in [6.07, 6.45) is 0. The Balaban J connectivity index is 1.74. The van der Waals surface area contributed by atoms with Crippen LogP contribution in [0.15, 0.2) is 72.8 Å². The Labute approximate surface area is 187 Å². The maximum atomic E-state index is 12.7. The van der Waals surface area contributed by atoms with E-state index in [1.165, 1.54) is 0 Å². The molecule has 0 fully saturated rings. The van der Waals surface area contributed by atoms with Crippen molar-refractivity contribution in [2.75, 3.05) is 33.2 Å². The number of methoxy groups -OCH3 is 2. The van der Waals surface area contributed by atoms with Gasteiger partial charge in [-0.1, -0.05) is 36.4 Å². The molecule has 32 heavy (non-hydrogen) atoms. The molecule has 0 saturated carbocycles. The zero-order valence-corrected chi connectivity index (χ0v) is 18.3. The predicted molar refractivity (Wildman–Crippen MR) is 122 cm³/mol. The summed E-state index contributed by atoms with van der Waals surface area (Å²) in [6.45, 7) is -0.403. The van der Waals surface area contributed by atoms with Gasteiger partial charge in [-0.25, -0.2) is 4.79 Å². The van der Waals surface area contributed by atoms with Crippen LogP contribution in [0.4, 0.5) is 5.69 Å². The minimum atomic E-state index is -0.574. The number of carbonyl (C=O) groups is 2. The third kappa shape index (κ3) is 5.57. The minimum Gasteiger partial charge on any atom is -0.497 e. The van der Waals surface area contributed by atoms with Crippen LogP contribution in [-0.4, -0.2) is 39.8 Å². The Bertz CT molecular complexity index is 1000. The Hall–Kier alpha value is -4.00. The van der Waals surface area contributed by atoms with Gasteiger partial charge in [-0.15, -0.1) is 0 Å². The van der Waals surface area contributed by atoms with Crippen molar-refractivity contribution in [3.63, 3.8) is 0 Å². The summed E-state index contributed by atoms with van der Waals surface area (Å²) in [5.41, 5.74) is 2.71. The van der Waals surface area contributed by atoms with Crippen LogP contribution in [0.2, 0.25) is 0 Å². The van der Waals surface area contributed by atoms with E-state index in [1.54, 1.807) is 39.5 Å². The topological polar surface area (TPSA) is 85.9 Å². The van der Waals surface area contributed by atoms with E-state index in [2.05, 4.69) is 10.6 Å². The number of amides is 1. The van der Waals surface area contributed by atoms with Gasteiger partial charge in [-0.05, 0) is 47.5 Å². The van der Waals surface area contributed by atoms with Crippen LogP contribution >= 0.6 is 0 Å². The van der Waals surface area contributed by atoms with Gasteiger partial charge in [0.25, 0.3) is 5.91 Å². The van der Waals surface area contributed by atoms with Crippen LogP contribution in [0.3, 0.4) is 0 Å². The van der Waals surface area contributed by atoms with E-state index in [-0.39, 0.29) is 0 Å². The number of anilines is 1. The molecular formula is C25H26N2O5. The Morgan fingerprint density at radius 2 is 1.34 bits per heavy atom. The second-order valence-corrected chi connectivity index (χ2v) is 6.92. The van der Waals surface area contributed by atoms with Crippen LogP contribution < -0.4 is 20.1 Å². The van der Waals surface area contributed by atoms with Gasteiger partial charge in [0.15, 0.2) is 6.61 Å². The van der Waals surface area contributed by atoms with Crippen LogP contribution in [0.5, 0.6) is 11.5 Å². The number of rotatable bonds is 9. The van der Waals surface area contributed by atoms with Crippen molar-refractivity contribution in [3.8, 4) is 11.5 Å². The van der Waals surface area contributed by atoms with Crippen molar-refractivity contribution in [1.82, 2.24) is 5.32 Å². The second-order valence-electron chi connectivity index (χ2n) is 6.92. The number of ether oxygens (including phenoxy) is 3. The Morgan fingerprint density at radius 1 is 0.812 bits per heavy atom. The zero-order valence-electron chi connectivity index (χ0n) is 18.3. The van der Waals surface area contributed by atoms with Crippen molar-refractivity contribution in [3.05, 3.63) is 89.5 Å². The highest BCUT2D eigenvalue weighted by atomic mass is 16.5. The molecule has 166 valence electrons. The lowest BCUT2D eigenvalue weighted by Gasteiger charge is -2.20. The molecular weight excluding hydrogens is 408 g/mol. The van der Waals surface area contributed by atoms with Gasteiger partial charge in [0.05, 0.1) is 25.8 Å². The molecule has 3 aromatic rings. The molecule has 2 N–H and O–H groups in total. The number of hydrogen-bond acceptors (Lipinski definition) is 6. The molecule has 0 bridgehead atoms. The van der Waals surface area contributed by atoms with Gasteiger partial charge >= 0.3 is 5.97 Å². The van der Waals surface area contributed by atoms with Gasteiger partial charge in [0.1, 0.15) is 11.5 Å². The van der Waals surface area contributed by atoms with Gasteiger partial charge in [0, 0.05) is 12.7 Å². The van der Waals surface area contributed by atoms with Crippen LogP contribution in [0.1, 0.15) is 27.5 Å². The first-order valence-electron chi connectivity index (χ1n) is 10.1. The molecule has 0 saturated heterocycles. The maximum absolute atomic E-state index is 12.7. The first-order valence-corrected chi connectivity index (χ1v) is 10.1. The van der Waals surface area contributed by atoms with E-state index < -0.39 is 24.5 Å². The van der Waals surface area contributed by atoms with Crippen LogP contribution in [0, 0.1) is 0 Å². The van der Waals surface area contributed by atoms with Gasteiger partial charge in [-0.3, -0.25) is 4.79 Å². The number of nitrogens with one attached hydrogen (secondary N) is 2. The van der Waals surface area contributed by atoms with E-state index in [1.807, 2.05) is 54.6 Å².